The average molecular weight is 456 g/mol. The van der Waals surface area contributed by atoms with Gasteiger partial charge < -0.3 is 10.2 Å². The monoisotopic (exact) mass is 455 g/mol. The minimum atomic E-state index is 0.644. The first-order chi connectivity index (χ1) is 16.5. The van der Waals surface area contributed by atoms with E-state index < -0.39 is 0 Å². The van der Waals surface area contributed by atoms with Gasteiger partial charge in [-0.2, -0.15) is 5.10 Å². The second kappa shape index (κ2) is 9.56. The summed E-state index contributed by atoms with van der Waals surface area (Å²) in [6.07, 6.45) is 5.72. The van der Waals surface area contributed by atoms with E-state index in [0.717, 1.165) is 61.3 Å². The average Bonchev–Trinajstić information content (AvgIpc) is 3.24. The van der Waals surface area contributed by atoms with Crippen LogP contribution in [-0.4, -0.2) is 61.2 Å². The number of anilines is 3. The highest BCUT2D eigenvalue weighted by molar-refractivity contribution is 5.61. The van der Waals surface area contributed by atoms with Crippen LogP contribution < -0.4 is 10.2 Å². The number of rotatable bonds is 6. The summed E-state index contributed by atoms with van der Waals surface area (Å²) >= 11 is 0. The highest BCUT2D eigenvalue weighted by Gasteiger charge is 2.18. The molecule has 0 bridgehead atoms. The fraction of sp³-hybridized carbons (Fsp3) is 0.320. The maximum Gasteiger partial charge on any atom is 0.163 e. The SMILES string of the molecule is Cc1cncc(CN2CCN(c3ccc(-c4nc(C)cc(Nc5cc(C)[nH]n5)n4)cn3)CC2)c1. The lowest BCUT2D eigenvalue weighted by Crippen LogP contribution is -2.46. The summed E-state index contributed by atoms with van der Waals surface area (Å²) in [5.74, 6) is 3.06. The molecule has 0 amide bonds. The fourth-order valence-electron chi connectivity index (χ4n) is 4.18. The molecule has 9 nitrogen and oxygen atoms in total. The van der Waals surface area contributed by atoms with Crippen LogP contribution in [0.3, 0.4) is 0 Å². The van der Waals surface area contributed by atoms with E-state index in [9.17, 15) is 0 Å². The molecule has 1 aliphatic heterocycles. The van der Waals surface area contributed by atoms with Crippen molar-refractivity contribution in [3.05, 3.63) is 71.4 Å². The molecule has 1 aliphatic rings. The largest absolute Gasteiger partial charge is 0.354 e. The van der Waals surface area contributed by atoms with Gasteiger partial charge in [-0.05, 0) is 44.0 Å². The van der Waals surface area contributed by atoms with Crippen molar-refractivity contribution >= 4 is 17.5 Å². The molecule has 0 atom stereocenters. The molecular weight excluding hydrogens is 426 g/mol. The predicted molar refractivity (Wildman–Crippen MR) is 133 cm³/mol. The van der Waals surface area contributed by atoms with E-state index in [4.69, 9.17) is 4.98 Å². The number of H-pyrrole nitrogens is 1. The third-order valence-corrected chi connectivity index (χ3v) is 5.86. The van der Waals surface area contributed by atoms with E-state index in [0.29, 0.717) is 11.6 Å². The highest BCUT2D eigenvalue weighted by Crippen LogP contribution is 2.22. The summed E-state index contributed by atoms with van der Waals surface area (Å²) in [5.41, 5.74) is 5.23. The molecule has 0 aromatic carbocycles. The number of hydrogen-bond acceptors (Lipinski definition) is 8. The molecule has 2 N–H and O–H groups in total. The van der Waals surface area contributed by atoms with Crippen LogP contribution in [0.4, 0.5) is 17.5 Å². The maximum atomic E-state index is 4.73. The second-order valence-electron chi connectivity index (χ2n) is 8.82. The Balaban J connectivity index is 1.23. The van der Waals surface area contributed by atoms with Gasteiger partial charge in [0, 0.05) is 80.4 Å². The maximum absolute atomic E-state index is 4.73. The third kappa shape index (κ3) is 5.20. The number of pyridine rings is 2. The number of aromatic amines is 1. The minimum Gasteiger partial charge on any atom is -0.354 e. The van der Waals surface area contributed by atoms with E-state index >= 15 is 0 Å². The van der Waals surface area contributed by atoms with Crippen LogP contribution in [-0.2, 0) is 6.54 Å². The molecule has 0 unspecified atom stereocenters. The number of nitrogens with zero attached hydrogens (tertiary/aromatic N) is 7. The third-order valence-electron chi connectivity index (χ3n) is 5.86. The van der Waals surface area contributed by atoms with Gasteiger partial charge in [0.15, 0.2) is 11.6 Å². The molecule has 0 radical (unpaired) electrons. The zero-order chi connectivity index (χ0) is 23.5. The molecule has 4 aromatic heterocycles. The predicted octanol–water partition coefficient (Wildman–Crippen LogP) is 3.65. The minimum absolute atomic E-state index is 0.644. The molecule has 0 saturated carbocycles. The van der Waals surface area contributed by atoms with E-state index in [1.807, 2.05) is 50.6 Å². The van der Waals surface area contributed by atoms with Gasteiger partial charge in [0.05, 0.1) is 0 Å². The number of hydrogen-bond donors (Lipinski definition) is 2. The highest BCUT2D eigenvalue weighted by atomic mass is 15.3. The number of nitrogens with one attached hydrogen (secondary N) is 2. The smallest absolute Gasteiger partial charge is 0.163 e. The molecule has 0 spiro atoms. The van der Waals surface area contributed by atoms with Crippen molar-refractivity contribution in [1.29, 1.82) is 0 Å². The summed E-state index contributed by atoms with van der Waals surface area (Å²) in [7, 11) is 0. The van der Waals surface area contributed by atoms with Crippen molar-refractivity contribution in [2.45, 2.75) is 27.3 Å². The lowest BCUT2D eigenvalue weighted by Gasteiger charge is -2.35. The van der Waals surface area contributed by atoms with Crippen molar-refractivity contribution < 1.29 is 0 Å². The Morgan fingerprint density at radius 1 is 0.912 bits per heavy atom. The normalized spacial score (nSPS) is 14.4. The summed E-state index contributed by atoms with van der Waals surface area (Å²) in [6.45, 7) is 10.8. The first kappa shape index (κ1) is 22.0. The van der Waals surface area contributed by atoms with Gasteiger partial charge in [0.2, 0.25) is 0 Å². The lowest BCUT2D eigenvalue weighted by molar-refractivity contribution is 0.249. The molecule has 34 heavy (non-hydrogen) atoms. The van der Waals surface area contributed by atoms with Gasteiger partial charge in [-0.15, -0.1) is 0 Å². The van der Waals surface area contributed by atoms with Gasteiger partial charge in [0.25, 0.3) is 0 Å². The van der Waals surface area contributed by atoms with Crippen LogP contribution in [0.15, 0.2) is 48.9 Å². The standard InChI is InChI=1S/C25H29N9/c1-17-10-20(14-26-13-17)16-33-6-8-34(9-7-33)24-5-4-21(15-27-24)25-28-18(2)11-22(30-25)29-23-12-19(3)31-32-23/h4-5,10-15H,6-9,16H2,1-3H3,(H2,28,29,30,31,32). The van der Waals surface area contributed by atoms with Crippen LogP contribution in [0.2, 0.25) is 0 Å². The van der Waals surface area contributed by atoms with Crippen LogP contribution in [0.5, 0.6) is 0 Å². The molecular formula is C25H29N9. The van der Waals surface area contributed by atoms with Crippen molar-refractivity contribution in [3.8, 4) is 11.4 Å². The Kier molecular flexibility index (Phi) is 6.18. The van der Waals surface area contributed by atoms with Crippen LogP contribution >= 0.6 is 0 Å². The van der Waals surface area contributed by atoms with Crippen LogP contribution in [0, 0.1) is 20.8 Å². The number of aromatic nitrogens is 6. The lowest BCUT2D eigenvalue weighted by atomic mass is 10.2. The Labute approximate surface area is 199 Å². The molecule has 1 fully saturated rings. The van der Waals surface area contributed by atoms with Crippen molar-refractivity contribution in [1.82, 2.24) is 35.0 Å². The zero-order valence-electron chi connectivity index (χ0n) is 19.8. The molecule has 4 aromatic rings. The van der Waals surface area contributed by atoms with E-state index in [-0.39, 0.29) is 0 Å². The number of piperazine rings is 1. The van der Waals surface area contributed by atoms with Crippen molar-refractivity contribution in [2.24, 2.45) is 0 Å². The Morgan fingerprint density at radius 2 is 1.76 bits per heavy atom. The van der Waals surface area contributed by atoms with Gasteiger partial charge in [-0.1, -0.05) is 6.07 Å². The van der Waals surface area contributed by atoms with Gasteiger partial charge in [-0.25, -0.2) is 15.0 Å². The molecule has 5 rings (SSSR count). The van der Waals surface area contributed by atoms with E-state index in [1.54, 1.807) is 0 Å². The van der Waals surface area contributed by atoms with Crippen LogP contribution in [0.25, 0.3) is 11.4 Å². The molecule has 5 heterocycles. The Hall–Kier alpha value is -3.85. The molecule has 174 valence electrons. The molecule has 0 aliphatic carbocycles. The molecule has 9 heteroatoms. The van der Waals surface area contributed by atoms with Crippen molar-refractivity contribution in [2.75, 3.05) is 36.4 Å². The summed E-state index contributed by atoms with van der Waals surface area (Å²) in [4.78, 5) is 23.1. The number of aryl methyl sites for hydroxylation is 3. The summed E-state index contributed by atoms with van der Waals surface area (Å²) in [6, 6.07) is 10.2. The zero-order valence-corrected chi connectivity index (χ0v) is 19.8. The second-order valence-corrected chi connectivity index (χ2v) is 8.82. The van der Waals surface area contributed by atoms with E-state index in [1.165, 1.54) is 11.1 Å². The van der Waals surface area contributed by atoms with Crippen molar-refractivity contribution in [3.63, 3.8) is 0 Å². The van der Waals surface area contributed by atoms with Gasteiger partial charge in [-0.3, -0.25) is 15.0 Å². The molecule has 1 saturated heterocycles. The quantitative estimate of drug-likeness (QED) is 0.455. The topological polar surface area (TPSA) is 98.8 Å². The van der Waals surface area contributed by atoms with Gasteiger partial charge in [0.1, 0.15) is 11.6 Å². The first-order valence-electron chi connectivity index (χ1n) is 11.5. The van der Waals surface area contributed by atoms with Crippen LogP contribution in [0.1, 0.15) is 22.5 Å². The Bertz CT molecular complexity index is 1260. The van der Waals surface area contributed by atoms with Gasteiger partial charge >= 0.3 is 0 Å². The fourth-order valence-corrected chi connectivity index (χ4v) is 4.18. The Morgan fingerprint density at radius 3 is 2.47 bits per heavy atom. The summed E-state index contributed by atoms with van der Waals surface area (Å²) in [5, 5.41) is 10.4. The first-order valence-corrected chi connectivity index (χ1v) is 11.5. The van der Waals surface area contributed by atoms with E-state index in [2.05, 4.69) is 59.3 Å². The summed E-state index contributed by atoms with van der Waals surface area (Å²) < 4.78 is 0.